The number of non-ortho nitro benzene ring substituents is 1. The Morgan fingerprint density at radius 2 is 1.62 bits per heavy atom. The second kappa shape index (κ2) is 8.52. The minimum atomic E-state index is -3.80. The quantitative estimate of drug-likeness (QED) is 0.231. The van der Waals surface area contributed by atoms with Gasteiger partial charge in [-0.1, -0.05) is 18.2 Å². The second-order valence-corrected chi connectivity index (χ2v) is 8.56. The van der Waals surface area contributed by atoms with Gasteiger partial charge in [0.15, 0.2) is 0 Å². The van der Waals surface area contributed by atoms with Crippen LogP contribution in [0.4, 0.5) is 22.7 Å². The molecule has 0 aliphatic heterocycles. The smallest absolute Gasteiger partial charge is 0.269 e. The van der Waals surface area contributed by atoms with Crippen LogP contribution in [0.1, 0.15) is 5.69 Å². The van der Waals surface area contributed by atoms with Gasteiger partial charge in [-0.15, -0.1) is 5.11 Å². The molecule has 0 bridgehead atoms. The van der Waals surface area contributed by atoms with E-state index in [0.29, 0.717) is 33.7 Å². The van der Waals surface area contributed by atoms with Gasteiger partial charge in [0.2, 0.25) is 0 Å². The van der Waals surface area contributed by atoms with Gasteiger partial charge in [0.25, 0.3) is 15.7 Å². The molecule has 1 heterocycles. The van der Waals surface area contributed by atoms with Crippen molar-refractivity contribution in [3.05, 3.63) is 94.7 Å². The predicted molar refractivity (Wildman–Crippen MR) is 121 cm³/mol. The van der Waals surface area contributed by atoms with Crippen LogP contribution in [0.15, 0.2) is 94.0 Å². The van der Waals surface area contributed by atoms with Crippen LogP contribution in [0.3, 0.4) is 0 Å². The SMILES string of the molecule is Cc1ccc2c(N=Nc3ccc([N+](=O)[O-])cc3)ccc(NS(=O)(=O)c3ccccc3)c2n1. The first-order valence-corrected chi connectivity index (χ1v) is 11.0. The van der Waals surface area contributed by atoms with Gasteiger partial charge in [0.05, 0.1) is 32.4 Å². The normalized spacial score (nSPS) is 11.7. The van der Waals surface area contributed by atoms with Crippen molar-refractivity contribution >= 4 is 43.7 Å². The summed E-state index contributed by atoms with van der Waals surface area (Å²) in [6.45, 7) is 1.81. The Bertz CT molecular complexity index is 1440. The van der Waals surface area contributed by atoms with Gasteiger partial charge in [-0.05, 0) is 55.5 Å². The molecule has 0 saturated carbocycles. The number of nitro benzene ring substituents is 1. The number of nitrogens with zero attached hydrogens (tertiary/aromatic N) is 4. The van der Waals surface area contributed by atoms with Crippen molar-refractivity contribution in [2.45, 2.75) is 11.8 Å². The van der Waals surface area contributed by atoms with Crippen molar-refractivity contribution in [3.63, 3.8) is 0 Å². The zero-order chi connectivity index (χ0) is 22.7. The molecule has 3 aromatic carbocycles. The first-order valence-electron chi connectivity index (χ1n) is 9.48. The van der Waals surface area contributed by atoms with Gasteiger partial charge in [0.1, 0.15) is 0 Å². The van der Waals surface area contributed by atoms with Gasteiger partial charge in [0, 0.05) is 23.2 Å². The maximum Gasteiger partial charge on any atom is 0.269 e. The summed E-state index contributed by atoms with van der Waals surface area (Å²) in [7, 11) is -3.80. The number of nitro groups is 1. The van der Waals surface area contributed by atoms with E-state index in [1.807, 2.05) is 0 Å². The molecule has 4 rings (SSSR count). The van der Waals surface area contributed by atoms with Crippen LogP contribution in [0.2, 0.25) is 0 Å². The van der Waals surface area contributed by atoms with Crippen LogP contribution in [0.25, 0.3) is 10.9 Å². The van der Waals surface area contributed by atoms with Gasteiger partial charge < -0.3 is 0 Å². The molecule has 1 aromatic heterocycles. The molecule has 0 aliphatic rings. The fourth-order valence-corrected chi connectivity index (χ4v) is 4.11. The molecule has 0 unspecified atom stereocenters. The molecule has 0 aliphatic carbocycles. The Labute approximate surface area is 183 Å². The fraction of sp³-hybridized carbons (Fsp3) is 0.0455. The lowest BCUT2D eigenvalue weighted by atomic mass is 10.1. The molecule has 9 nitrogen and oxygen atoms in total. The summed E-state index contributed by atoms with van der Waals surface area (Å²) in [5.41, 5.74) is 2.35. The Hall–Kier alpha value is -4.18. The second-order valence-electron chi connectivity index (χ2n) is 6.87. The van der Waals surface area contributed by atoms with Crippen molar-refractivity contribution in [3.8, 4) is 0 Å². The highest BCUT2D eigenvalue weighted by Gasteiger charge is 2.17. The predicted octanol–water partition coefficient (Wildman–Crippen LogP) is 5.67. The molecular weight excluding hydrogens is 430 g/mol. The van der Waals surface area contributed by atoms with Crippen molar-refractivity contribution in [2.75, 3.05) is 4.72 Å². The van der Waals surface area contributed by atoms with Crippen molar-refractivity contribution in [1.82, 2.24) is 4.98 Å². The average Bonchev–Trinajstić information content (AvgIpc) is 2.79. The summed E-state index contributed by atoms with van der Waals surface area (Å²) in [5, 5.41) is 19.8. The summed E-state index contributed by atoms with van der Waals surface area (Å²) in [6.07, 6.45) is 0. The number of aryl methyl sites for hydroxylation is 1. The van der Waals surface area contributed by atoms with E-state index in [1.165, 1.54) is 36.4 Å². The van der Waals surface area contributed by atoms with Gasteiger partial charge >= 0.3 is 0 Å². The summed E-state index contributed by atoms with van der Waals surface area (Å²) < 4.78 is 28.1. The lowest BCUT2D eigenvalue weighted by Gasteiger charge is -2.12. The first kappa shape index (κ1) is 21.1. The van der Waals surface area contributed by atoms with E-state index in [9.17, 15) is 18.5 Å². The molecule has 0 amide bonds. The molecule has 1 N–H and O–H groups in total. The summed E-state index contributed by atoms with van der Waals surface area (Å²) >= 11 is 0. The summed E-state index contributed by atoms with van der Waals surface area (Å²) in [6, 6.07) is 20.5. The molecule has 0 spiro atoms. The number of pyridine rings is 1. The highest BCUT2D eigenvalue weighted by molar-refractivity contribution is 7.92. The average molecular weight is 447 g/mol. The van der Waals surface area contributed by atoms with Crippen molar-refractivity contribution < 1.29 is 13.3 Å². The maximum atomic E-state index is 12.8. The Balaban J connectivity index is 1.71. The molecule has 10 heteroatoms. The molecular formula is C22H17N5O4S. The number of sulfonamides is 1. The molecule has 32 heavy (non-hydrogen) atoms. The number of rotatable bonds is 6. The molecule has 0 radical (unpaired) electrons. The number of benzene rings is 3. The summed E-state index contributed by atoms with van der Waals surface area (Å²) in [5.74, 6) is 0. The van der Waals surface area contributed by atoms with E-state index in [1.54, 1.807) is 49.4 Å². The van der Waals surface area contributed by atoms with Crippen LogP contribution >= 0.6 is 0 Å². The summed E-state index contributed by atoms with van der Waals surface area (Å²) in [4.78, 5) is 14.9. The van der Waals surface area contributed by atoms with Gasteiger partial charge in [-0.3, -0.25) is 19.8 Å². The van der Waals surface area contributed by atoms with Crippen LogP contribution in [0, 0.1) is 17.0 Å². The highest BCUT2D eigenvalue weighted by atomic mass is 32.2. The van der Waals surface area contributed by atoms with E-state index < -0.39 is 14.9 Å². The number of hydrogen-bond donors (Lipinski definition) is 1. The van der Waals surface area contributed by atoms with E-state index >= 15 is 0 Å². The maximum absolute atomic E-state index is 12.8. The lowest BCUT2D eigenvalue weighted by Crippen LogP contribution is -2.13. The number of aromatic nitrogens is 1. The number of nitrogens with one attached hydrogen (secondary N) is 1. The number of hydrogen-bond acceptors (Lipinski definition) is 7. The standard InChI is InChI=1S/C22H17N5O4S/c1-15-7-12-19-20(25-24-16-8-10-17(11-9-16)27(28)29)13-14-21(22(19)23-15)26-32(30,31)18-5-3-2-4-6-18/h2-14,26H,1H3. The lowest BCUT2D eigenvalue weighted by molar-refractivity contribution is -0.384. The van der Waals surface area contributed by atoms with Crippen LogP contribution in [-0.4, -0.2) is 18.3 Å². The van der Waals surface area contributed by atoms with Crippen LogP contribution < -0.4 is 4.72 Å². The molecule has 0 atom stereocenters. The Kier molecular flexibility index (Phi) is 5.61. The first-order chi connectivity index (χ1) is 15.3. The van der Waals surface area contributed by atoms with Gasteiger partial charge in [-0.25, -0.2) is 8.42 Å². The largest absolute Gasteiger partial charge is 0.277 e. The van der Waals surface area contributed by atoms with E-state index in [4.69, 9.17) is 0 Å². The van der Waals surface area contributed by atoms with Gasteiger partial charge in [-0.2, -0.15) is 5.11 Å². The molecule has 4 aromatic rings. The zero-order valence-corrected chi connectivity index (χ0v) is 17.7. The Morgan fingerprint density at radius 3 is 2.31 bits per heavy atom. The number of azo groups is 1. The molecule has 0 saturated heterocycles. The minimum absolute atomic E-state index is 0.0378. The third kappa shape index (κ3) is 4.44. The van der Waals surface area contributed by atoms with Crippen molar-refractivity contribution in [1.29, 1.82) is 0 Å². The number of fused-ring (bicyclic) bond motifs is 1. The van der Waals surface area contributed by atoms with E-state index in [2.05, 4.69) is 19.9 Å². The monoisotopic (exact) mass is 447 g/mol. The van der Waals surface area contributed by atoms with Crippen LogP contribution in [0.5, 0.6) is 0 Å². The molecule has 0 fully saturated rings. The zero-order valence-electron chi connectivity index (χ0n) is 16.8. The molecule has 160 valence electrons. The van der Waals surface area contributed by atoms with Crippen LogP contribution in [-0.2, 0) is 10.0 Å². The van der Waals surface area contributed by atoms with E-state index in [-0.39, 0.29) is 10.6 Å². The third-order valence-corrected chi connectivity index (χ3v) is 5.99. The van der Waals surface area contributed by atoms with Crippen molar-refractivity contribution in [2.24, 2.45) is 10.2 Å². The Morgan fingerprint density at radius 1 is 0.906 bits per heavy atom. The van der Waals surface area contributed by atoms with E-state index in [0.717, 1.165) is 0 Å². The highest BCUT2D eigenvalue weighted by Crippen LogP contribution is 2.33. The minimum Gasteiger partial charge on any atom is -0.277 e. The topological polar surface area (TPSA) is 127 Å². The number of anilines is 1. The fourth-order valence-electron chi connectivity index (χ4n) is 3.03. The third-order valence-electron chi connectivity index (χ3n) is 4.60.